The maximum Gasteiger partial charge on any atom is 0.287 e. The van der Waals surface area contributed by atoms with Gasteiger partial charge >= 0.3 is 0 Å². The number of rotatable bonds is 4. The van der Waals surface area contributed by atoms with Gasteiger partial charge in [-0.15, -0.1) is 0 Å². The number of aromatic nitrogens is 1. The summed E-state index contributed by atoms with van der Waals surface area (Å²) in [7, 11) is 0. The number of hydrogen-bond donors (Lipinski definition) is 1. The number of halogens is 2. The van der Waals surface area contributed by atoms with E-state index in [-0.39, 0.29) is 17.8 Å². The Morgan fingerprint density at radius 3 is 2.68 bits per heavy atom. The minimum Gasteiger partial charge on any atom is -0.366 e. The fourth-order valence-electron chi connectivity index (χ4n) is 1.46. The molecule has 1 aromatic heterocycles. The van der Waals surface area contributed by atoms with E-state index in [1.807, 2.05) is 0 Å². The predicted molar refractivity (Wildman–Crippen MR) is 64.6 cm³/mol. The molecule has 19 heavy (non-hydrogen) atoms. The van der Waals surface area contributed by atoms with Crippen molar-refractivity contribution in [2.24, 2.45) is 0 Å². The van der Waals surface area contributed by atoms with Crippen molar-refractivity contribution in [1.29, 1.82) is 0 Å². The molecule has 0 spiro atoms. The van der Waals surface area contributed by atoms with Gasteiger partial charge in [0, 0.05) is 18.2 Å². The minimum atomic E-state index is -0.566. The Morgan fingerprint density at radius 1 is 1.26 bits per heavy atom. The first-order valence-corrected chi connectivity index (χ1v) is 5.34. The van der Waals surface area contributed by atoms with E-state index in [4.69, 9.17) is 0 Å². The molecule has 0 aliphatic rings. The second-order valence-electron chi connectivity index (χ2n) is 3.75. The van der Waals surface area contributed by atoms with Crippen molar-refractivity contribution in [2.45, 2.75) is 6.54 Å². The van der Waals surface area contributed by atoms with Crippen LogP contribution in [0.2, 0.25) is 0 Å². The van der Waals surface area contributed by atoms with Gasteiger partial charge in [-0.25, -0.2) is 13.8 Å². The molecule has 0 unspecified atom stereocenters. The van der Waals surface area contributed by atoms with Crippen LogP contribution < -0.4 is 5.32 Å². The maximum atomic E-state index is 13.3. The maximum absolute atomic E-state index is 13.3. The second-order valence-corrected chi connectivity index (χ2v) is 3.75. The third-order valence-corrected chi connectivity index (χ3v) is 2.43. The van der Waals surface area contributed by atoms with Gasteiger partial charge in [0.15, 0.2) is 0 Å². The first-order valence-electron chi connectivity index (χ1n) is 5.34. The van der Waals surface area contributed by atoms with Crippen LogP contribution >= 0.6 is 0 Å². The van der Waals surface area contributed by atoms with E-state index in [2.05, 4.69) is 10.3 Å². The monoisotopic (exact) mass is 265 g/mol. The molecular weight excluding hydrogens is 256 g/mol. The quantitative estimate of drug-likeness (QED) is 0.681. The molecule has 7 heteroatoms. The zero-order valence-electron chi connectivity index (χ0n) is 9.64. The summed E-state index contributed by atoms with van der Waals surface area (Å²) >= 11 is 0. The molecule has 0 radical (unpaired) electrons. The van der Waals surface area contributed by atoms with E-state index < -0.39 is 16.6 Å². The van der Waals surface area contributed by atoms with E-state index in [0.717, 1.165) is 24.4 Å². The van der Waals surface area contributed by atoms with Crippen molar-refractivity contribution in [2.75, 3.05) is 5.32 Å². The molecule has 0 saturated heterocycles. The number of nitrogens with one attached hydrogen (secondary N) is 1. The van der Waals surface area contributed by atoms with Gasteiger partial charge in [0.1, 0.15) is 23.6 Å². The third kappa shape index (κ3) is 3.21. The van der Waals surface area contributed by atoms with Gasteiger partial charge in [0.25, 0.3) is 5.69 Å². The van der Waals surface area contributed by atoms with Gasteiger partial charge in [-0.1, -0.05) is 0 Å². The summed E-state index contributed by atoms with van der Waals surface area (Å²) in [6, 6.07) is 5.82. The number of pyridine rings is 1. The zero-order valence-corrected chi connectivity index (χ0v) is 9.64. The smallest absolute Gasteiger partial charge is 0.287 e. The summed E-state index contributed by atoms with van der Waals surface area (Å²) in [5.41, 5.74) is 0.0163. The van der Waals surface area contributed by atoms with E-state index in [9.17, 15) is 18.9 Å². The summed E-state index contributed by atoms with van der Waals surface area (Å²) in [5, 5.41) is 13.2. The van der Waals surface area contributed by atoms with Crippen LogP contribution in [-0.4, -0.2) is 9.91 Å². The lowest BCUT2D eigenvalue weighted by Gasteiger charge is -2.06. The Balaban J connectivity index is 2.06. The van der Waals surface area contributed by atoms with Crippen LogP contribution in [0.15, 0.2) is 36.5 Å². The van der Waals surface area contributed by atoms with Crippen molar-refractivity contribution >= 4 is 11.5 Å². The standard InChI is InChI=1S/C12H9F2N3O2/c13-9-1-3-11(14)8(5-9)6-15-12-4-2-10(7-16-12)17(18)19/h1-5,7H,6H2,(H,15,16). The first-order chi connectivity index (χ1) is 9.06. The number of anilines is 1. The molecule has 1 aromatic carbocycles. The van der Waals surface area contributed by atoms with Gasteiger partial charge in [0.05, 0.1) is 4.92 Å². The molecule has 0 fully saturated rings. The molecule has 0 amide bonds. The van der Waals surface area contributed by atoms with Crippen LogP contribution in [0.25, 0.3) is 0 Å². The number of nitrogens with zero attached hydrogens (tertiary/aromatic N) is 2. The molecule has 0 saturated carbocycles. The molecule has 2 rings (SSSR count). The Bertz CT molecular complexity index is 602. The lowest BCUT2D eigenvalue weighted by Crippen LogP contribution is -2.04. The van der Waals surface area contributed by atoms with Crippen LogP contribution in [0.4, 0.5) is 20.3 Å². The third-order valence-electron chi connectivity index (χ3n) is 2.43. The molecule has 1 heterocycles. The Morgan fingerprint density at radius 2 is 2.05 bits per heavy atom. The van der Waals surface area contributed by atoms with Crippen molar-refractivity contribution in [3.05, 3.63) is 63.8 Å². The highest BCUT2D eigenvalue weighted by atomic mass is 19.1. The number of nitro groups is 1. The van der Waals surface area contributed by atoms with Crippen LogP contribution in [-0.2, 0) is 6.54 Å². The molecular formula is C12H9F2N3O2. The van der Waals surface area contributed by atoms with Gasteiger partial charge in [0.2, 0.25) is 0 Å². The average Bonchev–Trinajstić information content (AvgIpc) is 2.40. The second kappa shape index (κ2) is 5.38. The highest BCUT2D eigenvalue weighted by Crippen LogP contribution is 2.14. The molecule has 5 nitrogen and oxygen atoms in total. The van der Waals surface area contributed by atoms with E-state index in [1.165, 1.54) is 12.1 Å². The van der Waals surface area contributed by atoms with Crippen LogP contribution in [0.1, 0.15) is 5.56 Å². The highest BCUT2D eigenvalue weighted by molar-refractivity contribution is 5.40. The topological polar surface area (TPSA) is 68.1 Å². The van der Waals surface area contributed by atoms with Crippen LogP contribution in [0, 0.1) is 21.7 Å². The molecule has 98 valence electrons. The van der Waals surface area contributed by atoms with Crippen molar-refractivity contribution < 1.29 is 13.7 Å². The van der Waals surface area contributed by atoms with E-state index >= 15 is 0 Å². The normalized spacial score (nSPS) is 10.2. The summed E-state index contributed by atoms with van der Waals surface area (Å²) in [6.07, 6.45) is 1.09. The summed E-state index contributed by atoms with van der Waals surface area (Å²) in [6.45, 7) is 0.0361. The average molecular weight is 265 g/mol. The zero-order chi connectivity index (χ0) is 13.8. The van der Waals surface area contributed by atoms with Crippen LogP contribution in [0.5, 0.6) is 0 Å². The number of benzene rings is 1. The summed E-state index contributed by atoms with van der Waals surface area (Å²) in [5.74, 6) is -0.722. The first kappa shape index (κ1) is 12.9. The van der Waals surface area contributed by atoms with E-state index in [1.54, 1.807) is 0 Å². The molecule has 0 atom stereocenters. The molecule has 0 aliphatic carbocycles. The number of hydrogen-bond acceptors (Lipinski definition) is 4. The van der Waals surface area contributed by atoms with Crippen molar-refractivity contribution in [1.82, 2.24) is 4.98 Å². The van der Waals surface area contributed by atoms with Gasteiger partial charge in [-0.05, 0) is 24.3 Å². The predicted octanol–water partition coefficient (Wildman–Crippen LogP) is 2.88. The summed E-state index contributed by atoms with van der Waals surface area (Å²) in [4.78, 5) is 13.7. The highest BCUT2D eigenvalue weighted by Gasteiger charge is 2.07. The van der Waals surface area contributed by atoms with Gasteiger partial charge in [-0.3, -0.25) is 10.1 Å². The van der Waals surface area contributed by atoms with Crippen LogP contribution in [0.3, 0.4) is 0 Å². The van der Waals surface area contributed by atoms with Crippen molar-refractivity contribution in [3.8, 4) is 0 Å². The van der Waals surface area contributed by atoms with Gasteiger partial charge in [-0.2, -0.15) is 0 Å². The summed E-state index contributed by atoms with van der Waals surface area (Å²) < 4.78 is 26.3. The van der Waals surface area contributed by atoms with E-state index in [0.29, 0.717) is 5.82 Å². The minimum absolute atomic E-state index is 0.0361. The van der Waals surface area contributed by atoms with Gasteiger partial charge < -0.3 is 5.32 Å². The Labute approximate surface area is 107 Å². The SMILES string of the molecule is O=[N+]([O-])c1ccc(NCc2cc(F)ccc2F)nc1. The lowest BCUT2D eigenvalue weighted by atomic mass is 10.2. The Hall–Kier alpha value is -2.57. The fraction of sp³-hybridized carbons (Fsp3) is 0.0833. The Kier molecular flexibility index (Phi) is 3.65. The largest absolute Gasteiger partial charge is 0.366 e. The molecule has 0 aliphatic heterocycles. The molecule has 2 aromatic rings. The lowest BCUT2D eigenvalue weighted by molar-refractivity contribution is -0.385. The molecule has 0 bridgehead atoms. The van der Waals surface area contributed by atoms with Crippen molar-refractivity contribution in [3.63, 3.8) is 0 Å². The fourth-order valence-corrected chi connectivity index (χ4v) is 1.46. The molecule has 1 N–H and O–H groups in total.